The number of rotatable bonds is 9. The smallest absolute Gasteiger partial charge is 0.229 e. The molecule has 0 aliphatic carbocycles. The van der Waals surface area contributed by atoms with Gasteiger partial charge in [0.1, 0.15) is 29.8 Å². The molecule has 0 bridgehead atoms. The molecule has 5 aromatic rings. The summed E-state index contributed by atoms with van der Waals surface area (Å²) in [6.45, 7) is 4.76. The summed E-state index contributed by atoms with van der Waals surface area (Å²) in [5.74, 6) is 1.25. The highest BCUT2D eigenvalue weighted by Crippen LogP contribution is 2.43. The van der Waals surface area contributed by atoms with Crippen molar-refractivity contribution in [1.82, 2.24) is 35.0 Å². The molecule has 3 aromatic heterocycles. The number of anilines is 4. The highest BCUT2D eigenvalue weighted by Gasteiger charge is 2.38. The van der Waals surface area contributed by atoms with Crippen LogP contribution >= 0.6 is 23.1 Å². The van der Waals surface area contributed by atoms with Crippen molar-refractivity contribution in [2.75, 3.05) is 57.4 Å². The van der Waals surface area contributed by atoms with Gasteiger partial charge in [0, 0.05) is 50.5 Å². The lowest BCUT2D eigenvalue weighted by Gasteiger charge is -2.38. The summed E-state index contributed by atoms with van der Waals surface area (Å²) in [5.41, 5.74) is 3.88. The molecule has 4 N–H and O–H groups in total. The summed E-state index contributed by atoms with van der Waals surface area (Å²) in [7, 11) is 0.640. The normalized spacial score (nSPS) is 16.9. The third kappa shape index (κ3) is 6.16. The second-order valence-electron chi connectivity index (χ2n) is 11.1. The first-order valence-corrected chi connectivity index (χ1v) is 17.5. The molecule has 0 radical (unpaired) electrons. The molecular formula is C30H33BrN9O4P. The summed E-state index contributed by atoms with van der Waals surface area (Å²) >= 11 is 3.55. The maximum Gasteiger partial charge on any atom is 0.229 e. The van der Waals surface area contributed by atoms with Gasteiger partial charge in [-0.1, -0.05) is 0 Å². The number of aliphatic hydroxyl groups excluding tert-OH is 1. The van der Waals surface area contributed by atoms with E-state index in [0.29, 0.717) is 63.4 Å². The molecule has 13 nitrogen and oxygen atoms in total. The van der Waals surface area contributed by atoms with Crippen LogP contribution in [0.5, 0.6) is 5.75 Å². The number of hydrogen-bond acceptors (Lipinski definition) is 12. The van der Waals surface area contributed by atoms with Gasteiger partial charge in [0.15, 0.2) is 0 Å². The highest BCUT2D eigenvalue weighted by molar-refractivity contribution is 9.10. The molecule has 0 spiro atoms. The monoisotopic (exact) mass is 693 g/mol. The van der Waals surface area contributed by atoms with Gasteiger partial charge in [-0.15, -0.1) is 0 Å². The van der Waals surface area contributed by atoms with Gasteiger partial charge in [-0.25, -0.2) is 4.98 Å². The molecule has 1 aliphatic rings. The second-order valence-corrected chi connectivity index (χ2v) is 15.1. The fraction of sp³-hybridized carbons (Fsp3) is 0.300. The van der Waals surface area contributed by atoms with Gasteiger partial charge < -0.3 is 35.1 Å². The Hall–Kier alpha value is -3.94. The SMILES string of the molecule is COc1cc(C2(CO)CNCCO2)c(-c2cnn(C)c2)cc1Nc1ncc(Br)c(Nc2ccc3nccnc3c2P(C)(C)=O)n1. The summed E-state index contributed by atoms with van der Waals surface area (Å²) in [6, 6.07) is 7.45. The quantitative estimate of drug-likeness (QED) is 0.164. The molecule has 45 heavy (non-hydrogen) atoms. The van der Waals surface area contributed by atoms with Gasteiger partial charge in [0.2, 0.25) is 5.95 Å². The zero-order valence-electron chi connectivity index (χ0n) is 25.2. The van der Waals surface area contributed by atoms with Crippen LogP contribution in [0.15, 0.2) is 59.7 Å². The Morgan fingerprint density at radius 2 is 1.98 bits per heavy atom. The topological polar surface area (TPSA) is 161 Å². The van der Waals surface area contributed by atoms with Crippen LogP contribution in [-0.2, 0) is 22.0 Å². The minimum absolute atomic E-state index is 0.223. The van der Waals surface area contributed by atoms with E-state index in [9.17, 15) is 9.67 Å². The van der Waals surface area contributed by atoms with Gasteiger partial charge in [0.25, 0.3) is 0 Å². The van der Waals surface area contributed by atoms with Crippen LogP contribution in [0, 0.1) is 0 Å². The van der Waals surface area contributed by atoms with E-state index in [4.69, 9.17) is 14.5 Å². The number of aromatic nitrogens is 6. The van der Waals surface area contributed by atoms with Gasteiger partial charge in [-0.05, 0) is 64.7 Å². The van der Waals surface area contributed by atoms with Gasteiger partial charge in [0.05, 0.1) is 53.2 Å². The molecule has 2 aromatic carbocycles. The Labute approximate surface area is 268 Å². The molecule has 15 heteroatoms. The van der Waals surface area contributed by atoms with E-state index in [1.54, 1.807) is 49.9 Å². The van der Waals surface area contributed by atoms with E-state index in [2.05, 4.69) is 51.9 Å². The number of morpholine rings is 1. The third-order valence-electron chi connectivity index (χ3n) is 7.57. The number of aryl methyl sites for hydroxylation is 1. The number of aliphatic hydroxyl groups is 1. The van der Waals surface area contributed by atoms with Gasteiger partial charge >= 0.3 is 0 Å². The van der Waals surface area contributed by atoms with Crippen LogP contribution in [0.25, 0.3) is 22.2 Å². The summed E-state index contributed by atoms with van der Waals surface area (Å²) < 4.78 is 27.8. The Morgan fingerprint density at radius 1 is 1.16 bits per heavy atom. The van der Waals surface area contributed by atoms with Crippen LogP contribution in [-0.4, -0.2) is 81.6 Å². The molecule has 1 aliphatic heterocycles. The number of nitrogens with one attached hydrogen (secondary N) is 3. The van der Waals surface area contributed by atoms with E-state index in [1.807, 2.05) is 37.5 Å². The molecule has 1 fully saturated rings. The van der Waals surface area contributed by atoms with Gasteiger partial charge in [-0.2, -0.15) is 10.1 Å². The molecule has 1 atom stereocenters. The first-order chi connectivity index (χ1) is 21.6. The number of ether oxygens (including phenoxy) is 2. The number of nitrogens with zero attached hydrogens (tertiary/aromatic N) is 6. The molecule has 0 amide bonds. The minimum Gasteiger partial charge on any atom is -0.495 e. The van der Waals surface area contributed by atoms with Crippen LogP contribution in [0.2, 0.25) is 0 Å². The number of halogens is 1. The predicted octanol–water partition coefficient (Wildman–Crippen LogP) is 4.13. The van der Waals surface area contributed by atoms with Gasteiger partial charge in [-0.3, -0.25) is 14.6 Å². The fourth-order valence-electron chi connectivity index (χ4n) is 5.47. The van der Waals surface area contributed by atoms with Crippen LogP contribution in [0.3, 0.4) is 0 Å². The Balaban J connectivity index is 1.41. The fourth-order valence-corrected chi connectivity index (χ4v) is 7.16. The van der Waals surface area contributed by atoms with Crippen molar-refractivity contribution in [3.8, 4) is 16.9 Å². The van der Waals surface area contributed by atoms with Crippen molar-refractivity contribution in [1.29, 1.82) is 0 Å². The molecule has 4 heterocycles. The molecule has 1 unspecified atom stereocenters. The average molecular weight is 695 g/mol. The van der Waals surface area contributed by atoms with Crippen molar-refractivity contribution < 1.29 is 19.1 Å². The predicted molar refractivity (Wildman–Crippen MR) is 178 cm³/mol. The molecule has 0 saturated carbocycles. The van der Waals surface area contributed by atoms with Crippen molar-refractivity contribution >= 4 is 62.6 Å². The Bertz CT molecular complexity index is 1920. The number of benzene rings is 2. The Kier molecular flexibility index (Phi) is 8.59. The maximum absolute atomic E-state index is 13.4. The molecular weight excluding hydrogens is 661 g/mol. The van der Waals surface area contributed by atoms with E-state index in [0.717, 1.165) is 16.7 Å². The summed E-state index contributed by atoms with van der Waals surface area (Å²) in [6.07, 6.45) is 8.49. The van der Waals surface area contributed by atoms with Crippen LogP contribution in [0.1, 0.15) is 5.56 Å². The van der Waals surface area contributed by atoms with E-state index < -0.39 is 12.7 Å². The highest BCUT2D eigenvalue weighted by atomic mass is 79.9. The molecule has 1 saturated heterocycles. The standard InChI is InChI=1S/C30H33BrN9O4P/c1-40-15-18(13-36-40)19-11-24(25(43-2)12-20(19)30(17-41)16-32-9-10-44-30)38-29-35-14-21(31)28(39-29)37-23-6-5-22-26(34-8-7-33-22)27(23)45(3,4)42/h5-8,11-15,32,41H,9-10,16-17H2,1-4H3,(H2,35,37,38,39). The lowest BCUT2D eigenvalue weighted by Crippen LogP contribution is -2.50. The second kappa shape index (κ2) is 12.5. The van der Waals surface area contributed by atoms with E-state index >= 15 is 0 Å². The number of methoxy groups -OCH3 is 1. The molecule has 234 valence electrons. The van der Waals surface area contributed by atoms with Crippen molar-refractivity contribution in [2.24, 2.45) is 7.05 Å². The lowest BCUT2D eigenvalue weighted by atomic mass is 9.86. The lowest BCUT2D eigenvalue weighted by molar-refractivity contribution is -0.101. The van der Waals surface area contributed by atoms with Crippen molar-refractivity contribution in [3.05, 3.63) is 65.3 Å². The van der Waals surface area contributed by atoms with E-state index in [1.165, 1.54) is 0 Å². The minimum atomic E-state index is -2.78. The number of fused-ring (bicyclic) bond motifs is 1. The summed E-state index contributed by atoms with van der Waals surface area (Å²) in [5, 5.41) is 25.5. The zero-order valence-corrected chi connectivity index (χ0v) is 27.7. The summed E-state index contributed by atoms with van der Waals surface area (Å²) in [4.78, 5) is 18.1. The maximum atomic E-state index is 13.4. The Morgan fingerprint density at radius 3 is 2.67 bits per heavy atom. The zero-order chi connectivity index (χ0) is 31.8. The number of hydrogen-bond donors (Lipinski definition) is 4. The van der Waals surface area contributed by atoms with Crippen LogP contribution in [0.4, 0.5) is 23.1 Å². The first kappa shape index (κ1) is 31.1. The average Bonchev–Trinajstić information content (AvgIpc) is 3.48. The molecule has 6 rings (SSSR count). The van der Waals surface area contributed by atoms with Crippen molar-refractivity contribution in [3.63, 3.8) is 0 Å². The largest absolute Gasteiger partial charge is 0.495 e. The van der Waals surface area contributed by atoms with E-state index in [-0.39, 0.29) is 12.6 Å². The van der Waals surface area contributed by atoms with Crippen LogP contribution < -0.4 is 26.0 Å². The first-order valence-electron chi connectivity index (χ1n) is 14.1. The van der Waals surface area contributed by atoms with Crippen molar-refractivity contribution in [2.45, 2.75) is 5.60 Å². The third-order valence-corrected chi connectivity index (χ3v) is 9.68.